The number of sulfonamides is 1. The van der Waals surface area contributed by atoms with E-state index in [1.165, 1.54) is 6.42 Å². The van der Waals surface area contributed by atoms with Crippen LogP contribution in [-0.2, 0) is 14.8 Å². The van der Waals surface area contributed by atoms with Gasteiger partial charge in [-0.3, -0.25) is 0 Å². The van der Waals surface area contributed by atoms with Crippen LogP contribution in [0, 0.1) is 5.92 Å². The van der Waals surface area contributed by atoms with Crippen molar-refractivity contribution in [1.29, 1.82) is 0 Å². The van der Waals surface area contributed by atoms with Crippen molar-refractivity contribution in [3.8, 4) is 0 Å². The van der Waals surface area contributed by atoms with Gasteiger partial charge in [0, 0.05) is 13.2 Å². The molecule has 0 aliphatic carbocycles. The van der Waals surface area contributed by atoms with Crippen molar-refractivity contribution in [2.24, 2.45) is 5.92 Å². The average Bonchev–Trinajstić information content (AvgIpc) is 2.47. The number of rotatable bonds is 7. The Kier molecular flexibility index (Phi) is 6.74. The average molecular weight is 304 g/mol. The lowest BCUT2D eigenvalue weighted by atomic mass is 9.96. The van der Waals surface area contributed by atoms with Crippen LogP contribution < -0.4 is 10.0 Å². The third-order valence-electron chi connectivity index (χ3n) is 4.32. The molecule has 2 fully saturated rings. The minimum absolute atomic E-state index is 0.246. The number of hydrogen-bond donors (Lipinski definition) is 2. The van der Waals surface area contributed by atoms with Gasteiger partial charge in [-0.1, -0.05) is 0 Å². The zero-order valence-electron chi connectivity index (χ0n) is 12.3. The molecular weight excluding hydrogens is 276 g/mol. The number of nitrogens with one attached hydrogen (secondary N) is 2. The van der Waals surface area contributed by atoms with Crippen LogP contribution in [0.25, 0.3) is 0 Å². The predicted molar refractivity (Wildman–Crippen MR) is 80.2 cm³/mol. The van der Waals surface area contributed by atoms with Crippen LogP contribution in [-0.4, -0.2) is 46.5 Å². The molecule has 0 radical (unpaired) electrons. The summed E-state index contributed by atoms with van der Waals surface area (Å²) in [5.41, 5.74) is 0. The number of ether oxygens (including phenoxy) is 1. The molecule has 0 aromatic rings. The summed E-state index contributed by atoms with van der Waals surface area (Å²) in [6, 6.07) is 0. The van der Waals surface area contributed by atoms with E-state index in [1.807, 2.05) is 0 Å². The molecule has 1 atom stereocenters. The zero-order valence-corrected chi connectivity index (χ0v) is 13.1. The fourth-order valence-corrected chi connectivity index (χ4v) is 4.19. The minimum Gasteiger partial charge on any atom is -0.378 e. The first-order valence-corrected chi connectivity index (χ1v) is 9.60. The minimum atomic E-state index is -3.11. The van der Waals surface area contributed by atoms with E-state index in [9.17, 15) is 8.42 Å². The van der Waals surface area contributed by atoms with Crippen LogP contribution in [0.15, 0.2) is 0 Å². The van der Waals surface area contributed by atoms with Gasteiger partial charge in [0.25, 0.3) is 0 Å². The van der Waals surface area contributed by atoms with Gasteiger partial charge in [0.1, 0.15) is 0 Å². The molecule has 2 saturated heterocycles. The lowest BCUT2D eigenvalue weighted by molar-refractivity contribution is 0.0123. The maximum absolute atomic E-state index is 11.9. The Hall–Kier alpha value is -0.170. The maximum atomic E-state index is 11.9. The molecular formula is C14H28N2O3S. The fraction of sp³-hybridized carbons (Fsp3) is 1.00. The summed E-state index contributed by atoms with van der Waals surface area (Å²) in [5.74, 6) is 0.831. The molecule has 2 N–H and O–H groups in total. The van der Waals surface area contributed by atoms with Gasteiger partial charge in [0.2, 0.25) is 10.0 Å². The van der Waals surface area contributed by atoms with Gasteiger partial charge in [0.15, 0.2) is 0 Å². The summed E-state index contributed by atoms with van der Waals surface area (Å²) in [6.45, 7) is 3.39. The molecule has 0 amide bonds. The van der Waals surface area contributed by atoms with Crippen molar-refractivity contribution in [3.05, 3.63) is 0 Å². The van der Waals surface area contributed by atoms with Crippen molar-refractivity contribution >= 4 is 10.0 Å². The molecule has 2 aliphatic heterocycles. The molecule has 0 saturated carbocycles. The molecule has 0 spiro atoms. The summed E-state index contributed by atoms with van der Waals surface area (Å²) < 4.78 is 32.2. The third kappa shape index (κ3) is 6.08. The quantitative estimate of drug-likeness (QED) is 0.743. The lowest BCUT2D eigenvalue weighted by Crippen LogP contribution is -2.33. The van der Waals surface area contributed by atoms with E-state index in [0.717, 1.165) is 58.2 Å². The Morgan fingerprint density at radius 2 is 1.90 bits per heavy atom. The second-order valence-electron chi connectivity index (χ2n) is 5.97. The van der Waals surface area contributed by atoms with Crippen molar-refractivity contribution in [2.75, 3.05) is 32.0 Å². The van der Waals surface area contributed by atoms with E-state index in [1.54, 1.807) is 0 Å². The summed E-state index contributed by atoms with van der Waals surface area (Å²) in [5, 5.41) is 3.30. The van der Waals surface area contributed by atoms with Crippen LogP contribution in [0.4, 0.5) is 0 Å². The van der Waals surface area contributed by atoms with E-state index in [4.69, 9.17) is 4.74 Å². The molecule has 2 aliphatic rings. The smallest absolute Gasteiger partial charge is 0.211 e. The standard InChI is InChI=1S/C14H28N2O3S/c17-20(18,12-7-13-4-8-15-9-5-13)16-10-6-14-3-1-2-11-19-14/h13-16H,1-12H2. The van der Waals surface area contributed by atoms with Crippen LogP contribution in [0.1, 0.15) is 44.9 Å². The van der Waals surface area contributed by atoms with Gasteiger partial charge in [-0.25, -0.2) is 13.1 Å². The van der Waals surface area contributed by atoms with Crippen molar-refractivity contribution in [3.63, 3.8) is 0 Å². The van der Waals surface area contributed by atoms with Crippen molar-refractivity contribution in [2.45, 2.75) is 51.0 Å². The first kappa shape index (κ1) is 16.2. The summed E-state index contributed by atoms with van der Waals surface area (Å²) in [4.78, 5) is 0. The molecule has 0 bridgehead atoms. The SMILES string of the molecule is O=S(=O)(CCC1CCNCC1)NCCC1CCCCO1. The molecule has 6 heteroatoms. The largest absolute Gasteiger partial charge is 0.378 e. The zero-order chi connectivity index (χ0) is 14.3. The number of hydrogen-bond acceptors (Lipinski definition) is 4. The molecule has 2 heterocycles. The normalized spacial score (nSPS) is 25.7. The topological polar surface area (TPSA) is 67.4 Å². The number of piperidine rings is 1. The van der Waals surface area contributed by atoms with E-state index >= 15 is 0 Å². The van der Waals surface area contributed by atoms with Gasteiger partial charge in [-0.15, -0.1) is 0 Å². The lowest BCUT2D eigenvalue weighted by Gasteiger charge is -2.23. The second-order valence-corrected chi connectivity index (χ2v) is 7.90. The van der Waals surface area contributed by atoms with Crippen LogP contribution >= 0.6 is 0 Å². The van der Waals surface area contributed by atoms with Crippen molar-refractivity contribution < 1.29 is 13.2 Å². The van der Waals surface area contributed by atoms with E-state index in [0.29, 0.717) is 12.5 Å². The first-order valence-electron chi connectivity index (χ1n) is 7.95. The van der Waals surface area contributed by atoms with Crippen molar-refractivity contribution in [1.82, 2.24) is 10.0 Å². The molecule has 1 unspecified atom stereocenters. The Morgan fingerprint density at radius 1 is 1.10 bits per heavy atom. The van der Waals surface area contributed by atoms with Gasteiger partial charge < -0.3 is 10.1 Å². The van der Waals surface area contributed by atoms with Crippen LogP contribution in [0.3, 0.4) is 0 Å². The molecule has 5 nitrogen and oxygen atoms in total. The van der Waals surface area contributed by atoms with Gasteiger partial charge in [-0.2, -0.15) is 0 Å². The molecule has 0 aromatic carbocycles. The molecule has 118 valence electrons. The van der Waals surface area contributed by atoms with Crippen LogP contribution in [0.2, 0.25) is 0 Å². The highest BCUT2D eigenvalue weighted by Crippen LogP contribution is 2.17. The molecule has 20 heavy (non-hydrogen) atoms. The van der Waals surface area contributed by atoms with Gasteiger partial charge in [0.05, 0.1) is 11.9 Å². The highest BCUT2D eigenvalue weighted by atomic mass is 32.2. The fourth-order valence-electron chi connectivity index (χ4n) is 2.97. The summed E-state index contributed by atoms with van der Waals surface area (Å²) in [7, 11) is -3.11. The van der Waals surface area contributed by atoms with E-state index in [2.05, 4.69) is 10.0 Å². The summed E-state index contributed by atoms with van der Waals surface area (Å²) >= 11 is 0. The predicted octanol–water partition coefficient (Wildman–Crippen LogP) is 1.25. The monoisotopic (exact) mass is 304 g/mol. The highest BCUT2D eigenvalue weighted by molar-refractivity contribution is 7.89. The highest BCUT2D eigenvalue weighted by Gasteiger charge is 2.18. The Morgan fingerprint density at radius 3 is 2.60 bits per heavy atom. The Balaban J connectivity index is 1.60. The third-order valence-corrected chi connectivity index (χ3v) is 5.73. The van der Waals surface area contributed by atoms with E-state index < -0.39 is 10.0 Å². The Bertz CT molecular complexity index is 361. The van der Waals surface area contributed by atoms with Gasteiger partial charge in [-0.05, 0) is 64.0 Å². The molecule has 2 rings (SSSR count). The van der Waals surface area contributed by atoms with Crippen LogP contribution in [0.5, 0.6) is 0 Å². The van der Waals surface area contributed by atoms with Gasteiger partial charge >= 0.3 is 0 Å². The second kappa shape index (κ2) is 8.32. The maximum Gasteiger partial charge on any atom is 0.211 e. The Labute approximate surface area is 122 Å². The molecule has 0 aromatic heterocycles. The van der Waals surface area contributed by atoms with E-state index in [-0.39, 0.29) is 11.9 Å². The first-order chi connectivity index (χ1) is 9.66. The summed E-state index contributed by atoms with van der Waals surface area (Å²) in [6.07, 6.45) is 7.44.